The van der Waals surface area contributed by atoms with Gasteiger partial charge in [0.05, 0.1) is 5.52 Å². The van der Waals surface area contributed by atoms with Crippen LogP contribution in [0.3, 0.4) is 0 Å². The highest BCUT2D eigenvalue weighted by Crippen LogP contribution is 2.43. The van der Waals surface area contributed by atoms with Gasteiger partial charge < -0.3 is 4.43 Å². The van der Waals surface area contributed by atoms with Crippen LogP contribution in [0.1, 0.15) is 41.5 Å². The lowest BCUT2D eigenvalue weighted by molar-refractivity contribution is 0.484. The zero-order chi connectivity index (χ0) is 15.6. The zero-order valence-corrected chi connectivity index (χ0v) is 15.1. The Morgan fingerprint density at radius 2 is 1.48 bits per heavy atom. The topological polar surface area (TPSA) is 22.1 Å². The normalized spacial score (nSPS) is 12.6. The first-order chi connectivity index (χ1) is 9.89. The highest BCUT2D eigenvalue weighted by molar-refractivity contribution is 6.78. The molecule has 0 aliphatic heterocycles. The molecule has 0 unspecified atom stereocenters. The van der Waals surface area contributed by atoms with Gasteiger partial charge in [-0.3, -0.25) is 4.98 Å². The summed E-state index contributed by atoms with van der Waals surface area (Å²) in [6.45, 7) is 13.9. The number of hydrogen-bond acceptors (Lipinski definition) is 2. The Morgan fingerprint density at radius 3 is 2.05 bits per heavy atom. The smallest absolute Gasteiger partial charge is 0.258 e. The average Bonchev–Trinajstić information content (AvgIpc) is 2.43. The van der Waals surface area contributed by atoms with E-state index in [1.807, 2.05) is 24.4 Å². The minimum Gasteiger partial charge on any atom is -0.542 e. The maximum Gasteiger partial charge on any atom is 0.258 e. The van der Waals surface area contributed by atoms with Gasteiger partial charge in [0, 0.05) is 11.6 Å². The molecule has 21 heavy (non-hydrogen) atoms. The lowest BCUT2D eigenvalue weighted by atomic mass is 10.2. The van der Waals surface area contributed by atoms with Crippen molar-refractivity contribution < 1.29 is 4.43 Å². The van der Waals surface area contributed by atoms with E-state index in [9.17, 15) is 0 Å². The molecule has 0 N–H and O–H groups in total. The van der Waals surface area contributed by atoms with Crippen molar-refractivity contribution in [1.82, 2.24) is 4.98 Å². The van der Waals surface area contributed by atoms with Crippen LogP contribution in [0.15, 0.2) is 36.5 Å². The molecular formula is C18H27NOSi. The third-order valence-corrected chi connectivity index (χ3v) is 10.6. The van der Waals surface area contributed by atoms with E-state index in [-0.39, 0.29) is 0 Å². The van der Waals surface area contributed by atoms with E-state index in [0.717, 1.165) is 16.7 Å². The van der Waals surface area contributed by atoms with Gasteiger partial charge in [-0.05, 0) is 40.9 Å². The van der Waals surface area contributed by atoms with Crippen molar-refractivity contribution in [1.29, 1.82) is 0 Å². The Labute approximate surface area is 129 Å². The molecule has 114 valence electrons. The third kappa shape index (κ3) is 2.84. The minimum absolute atomic E-state index is 0.574. The summed E-state index contributed by atoms with van der Waals surface area (Å²) in [6.07, 6.45) is 1.84. The number of rotatable bonds is 5. The van der Waals surface area contributed by atoms with Crippen molar-refractivity contribution in [3.8, 4) is 5.75 Å². The molecule has 1 aromatic heterocycles. The van der Waals surface area contributed by atoms with E-state index in [4.69, 9.17) is 4.43 Å². The first kappa shape index (κ1) is 16.0. The molecule has 0 spiro atoms. The van der Waals surface area contributed by atoms with E-state index in [1.54, 1.807) is 0 Å². The monoisotopic (exact) mass is 301 g/mol. The van der Waals surface area contributed by atoms with E-state index in [2.05, 4.69) is 58.7 Å². The third-order valence-electron chi connectivity index (χ3n) is 4.60. The average molecular weight is 302 g/mol. The second-order valence-electron chi connectivity index (χ2n) is 6.75. The molecule has 1 aromatic carbocycles. The number of fused-ring (bicyclic) bond motifs is 1. The Morgan fingerprint density at radius 1 is 0.857 bits per heavy atom. The standard InChI is InChI=1S/C18H27NOSi/c1-13(2)21(14(3)4,15(5)6)20-18-11-7-10-17-16(18)9-8-12-19-17/h7-15H,1-6H3. The molecule has 0 aliphatic carbocycles. The second-order valence-corrected chi connectivity index (χ2v) is 12.1. The van der Waals surface area contributed by atoms with Gasteiger partial charge in [0.1, 0.15) is 5.75 Å². The molecule has 0 saturated carbocycles. The summed E-state index contributed by atoms with van der Waals surface area (Å²) in [5.41, 5.74) is 2.73. The van der Waals surface area contributed by atoms with Crippen LogP contribution in [0, 0.1) is 0 Å². The van der Waals surface area contributed by atoms with Crippen LogP contribution in [-0.4, -0.2) is 13.3 Å². The highest BCUT2D eigenvalue weighted by Gasteiger charge is 2.47. The minimum atomic E-state index is -1.91. The lowest BCUT2D eigenvalue weighted by Crippen LogP contribution is -2.50. The Balaban J connectivity index is 2.54. The maximum absolute atomic E-state index is 6.80. The van der Waals surface area contributed by atoms with Gasteiger partial charge in [-0.25, -0.2) is 0 Å². The molecule has 3 heteroatoms. The summed E-state index contributed by atoms with van der Waals surface area (Å²) in [4.78, 5) is 4.44. The Kier molecular flexibility index (Phi) is 4.72. The molecule has 0 atom stereocenters. The van der Waals surface area contributed by atoms with Crippen LogP contribution in [0.5, 0.6) is 5.75 Å². The fourth-order valence-electron chi connectivity index (χ4n) is 3.71. The molecule has 0 aliphatic rings. The fourth-order valence-corrected chi connectivity index (χ4v) is 8.97. The molecule has 0 amide bonds. The number of hydrogen-bond donors (Lipinski definition) is 0. The molecule has 0 saturated heterocycles. The van der Waals surface area contributed by atoms with Crippen molar-refractivity contribution in [2.24, 2.45) is 0 Å². The largest absolute Gasteiger partial charge is 0.542 e. The summed E-state index contributed by atoms with van der Waals surface area (Å²) in [5.74, 6) is 1.00. The van der Waals surface area contributed by atoms with Gasteiger partial charge in [-0.1, -0.05) is 47.6 Å². The molecule has 2 nitrogen and oxygen atoms in total. The van der Waals surface area contributed by atoms with E-state index in [1.165, 1.54) is 0 Å². The first-order valence-electron chi connectivity index (χ1n) is 7.92. The molecule has 2 rings (SSSR count). The highest BCUT2D eigenvalue weighted by atomic mass is 28.4. The Hall–Kier alpha value is -1.35. The van der Waals surface area contributed by atoms with Crippen LogP contribution in [-0.2, 0) is 0 Å². The summed E-state index contributed by atoms with van der Waals surface area (Å²) >= 11 is 0. The first-order valence-corrected chi connectivity index (χ1v) is 10.1. The number of aromatic nitrogens is 1. The predicted molar refractivity (Wildman–Crippen MR) is 93.4 cm³/mol. The van der Waals surface area contributed by atoms with Gasteiger partial charge in [0.2, 0.25) is 0 Å². The van der Waals surface area contributed by atoms with E-state index >= 15 is 0 Å². The number of pyridine rings is 1. The van der Waals surface area contributed by atoms with Gasteiger partial charge >= 0.3 is 0 Å². The fraction of sp³-hybridized carbons (Fsp3) is 0.500. The van der Waals surface area contributed by atoms with Crippen molar-refractivity contribution >= 4 is 19.2 Å². The van der Waals surface area contributed by atoms with Crippen molar-refractivity contribution in [2.75, 3.05) is 0 Å². The van der Waals surface area contributed by atoms with Crippen LogP contribution in [0.25, 0.3) is 10.9 Å². The van der Waals surface area contributed by atoms with Crippen LogP contribution >= 0.6 is 0 Å². The molecule has 1 heterocycles. The van der Waals surface area contributed by atoms with Gasteiger partial charge in [0.25, 0.3) is 8.32 Å². The van der Waals surface area contributed by atoms with Gasteiger partial charge in [-0.2, -0.15) is 0 Å². The Bertz CT molecular complexity index is 580. The summed E-state index contributed by atoms with van der Waals surface area (Å²) in [6, 6.07) is 10.3. The molecule has 0 fully saturated rings. The van der Waals surface area contributed by atoms with Crippen LogP contribution < -0.4 is 4.43 Å². The lowest BCUT2D eigenvalue weighted by Gasteiger charge is -2.42. The number of nitrogens with zero attached hydrogens (tertiary/aromatic N) is 1. The second kappa shape index (κ2) is 6.18. The van der Waals surface area contributed by atoms with Crippen molar-refractivity contribution in [2.45, 2.75) is 58.2 Å². The van der Waals surface area contributed by atoms with E-state index < -0.39 is 8.32 Å². The molecule has 0 radical (unpaired) electrons. The van der Waals surface area contributed by atoms with Gasteiger partial charge in [-0.15, -0.1) is 0 Å². The zero-order valence-electron chi connectivity index (χ0n) is 14.1. The molecular weight excluding hydrogens is 274 g/mol. The predicted octanol–water partition coefficient (Wildman–Crippen LogP) is 5.79. The SMILES string of the molecule is CC(C)[Si](Oc1cccc2ncccc12)(C(C)C)C(C)C. The van der Waals surface area contributed by atoms with Crippen molar-refractivity contribution in [3.63, 3.8) is 0 Å². The van der Waals surface area contributed by atoms with E-state index in [0.29, 0.717) is 16.6 Å². The van der Waals surface area contributed by atoms with Crippen LogP contribution in [0.2, 0.25) is 16.6 Å². The van der Waals surface area contributed by atoms with Crippen LogP contribution in [0.4, 0.5) is 0 Å². The molecule has 0 bridgehead atoms. The van der Waals surface area contributed by atoms with Gasteiger partial charge in [0.15, 0.2) is 0 Å². The maximum atomic E-state index is 6.80. The number of benzene rings is 1. The quantitative estimate of drug-likeness (QED) is 0.652. The molecule has 2 aromatic rings. The van der Waals surface area contributed by atoms with Crippen molar-refractivity contribution in [3.05, 3.63) is 36.5 Å². The summed E-state index contributed by atoms with van der Waals surface area (Å²) in [5, 5.41) is 1.12. The summed E-state index contributed by atoms with van der Waals surface area (Å²) in [7, 11) is -1.91. The summed E-state index contributed by atoms with van der Waals surface area (Å²) < 4.78 is 6.80.